The second-order valence-corrected chi connectivity index (χ2v) is 2.55. The maximum Gasteiger partial charge on any atom is 0.268 e. The molecule has 2 N–H and O–H groups in total. The maximum absolute atomic E-state index is 12.8. The fourth-order valence-electron chi connectivity index (χ4n) is 0.943. The zero-order valence-electron chi connectivity index (χ0n) is 6.97. The SMILES string of the molecule is N#CCc1cc(C(F)F)c(F)nc1N. The van der Waals surface area contributed by atoms with Gasteiger partial charge >= 0.3 is 0 Å². The van der Waals surface area contributed by atoms with E-state index in [-0.39, 0.29) is 17.8 Å². The molecule has 0 aliphatic carbocycles. The molecule has 0 spiro atoms. The molecule has 3 nitrogen and oxygen atoms in total. The predicted octanol–water partition coefficient (Wildman–Crippen LogP) is 1.81. The molecule has 1 rings (SSSR count). The third kappa shape index (κ3) is 1.93. The number of hydrogen-bond acceptors (Lipinski definition) is 3. The summed E-state index contributed by atoms with van der Waals surface area (Å²) < 4.78 is 37.1. The first-order valence-corrected chi connectivity index (χ1v) is 3.66. The highest BCUT2D eigenvalue weighted by Crippen LogP contribution is 2.24. The molecule has 0 unspecified atom stereocenters. The summed E-state index contributed by atoms with van der Waals surface area (Å²) in [7, 11) is 0. The van der Waals surface area contributed by atoms with E-state index < -0.39 is 17.9 Å². The Balaban J connectivity index is 3.21. The van der Waals surface area contributed by atoms with Gasteiger partial charge in [-0.15, -0.1) is 0 Å². The minimum absolute atomic E-state index is 0.115. The van der Waals surface area contributed by atoms with Crippen LogP contribution in [0.3, 0.4) is 0 Å². The third-order valence-electron chi connectivity index (χ3n) is 1.62. The summed E-state index contributed by atoms with van der Waals surface area (Å²) in [5, 5.41) is 8.33. The van der Waals surface area contributed by atoms with Crippen molar-refractivity contribution >= 4 is 5.82 Å². The molecule has 0 saturated heterocycles. The zero-order chi connectivity index (χ0) is 10.7. The van der Waals surface area contributed by atoms with Crippen LogP contribution in [0.1, 0.15) is 17.6 Å². The van der Waals surface area contributed by atoms with Gasteiger partial charge in [0.05, 0.1) is 18.1 Å². The van der Waals surface area contributed by atoms with Crippen molar-refractivity contribution in [2.75, 3.05) is 5.73 Å². The number of hydrogen-bond donors (Lipinski definition) is 1. The van der Waals surface area contributed by atoms with E-state index in [4.69, 9.17) is 11.0 Å². The average Bonchev–Trinajstić information content (AvgIpc) is 2.09. The van der Waals surface area contributed by atoms with E-state index in [1.807, 2.05) is 0 Å². The van der Waals surface area contributed by atoms with Gasteiger partial charge in [-0.2, -0.15) is 9.65 Å². The lowest BCUT2D eigenvalue weighted by molar-refractivity contribution is 0.145. The highest BCUT2D eigenvalue weighted by Gasteiger charge is 2.17. The van der Waals surface area contributed by atoms with Crippen LogP contribution in [0, 0.1) is 17.3 Å². The molecule has 0 amide bonds. The fourth-order valence-corrected chi connectivity index (χ4v) is 0.943. The number of nitrogens with two attached hydrogens (primary N) is 1. The highest BCUT2D eigenvalue weighted by molar-refractivity contribution is 5.43. The molecule has 1 aromatic heterocycles. The van der Waals surface area contributed by atoms with Crippen molar-refractivity contribution in [2.24, 2.45) is 0 Å². The van der Waals surface area contributed by atoms with E-state index in [1.165, 1.54) is 0 Å². The van der Waals surface area contributed by atoms with E-state index in [9.17, 15) is 13.2 Å². The van der Waals surface area contributed by atoms with Crippen LogP contribution in [0.25, 0.3) is 0 Å². The van der Waals surface area contributed by atoms with Gasteiger partial charge < -0.3 is 5.73 Å². The summed E-state index contributed by atoms with van der Waals surface area (Å²) in [6, 6.07) is 2.59. The number of anilines is 1. The molecule has 14 heavy (non-hydrogen) atoms. The number of pyridine rings is 1. The van der Waals surface area contributed by atoms with Crippen LogP contribution in [-0.4, -0.2) is 4.98 Å². The Kier molecular flexibility index (Phi) is 2.92. The van der Waals surface area contributed by atoms with Gasteiger partial charge in [0.1, 0.15) is 5.82 Å². The minimum Gasteiger partial charge on any atom is -0.383 e. The Bertz CT molecular complexity index is 384. The zero-order valence-corrected chi connectivity index (χ0v) is 6.97. The van der Waals surface area contributed by atoms with Crippen LogP contribution >= 0.6 is 0 Å². The lowest BCUT2D eigenvalue weighted by atomic mass is 10.1. The topological polar surface area (TPSA) is 62.7 Å². The average molecular weight is 201 g/mol. The molecule has 1 aromatic rings. The van der Waals surface area contributed by atoms with Gasteiger partial charge in [-0.05, 0) is 6.07 Å². The standard InChI is InChI=1S/C8H6F3N3/c9-6(10)5-3-4(1-2-12)8(13)14-7(5)11/h3,6H,1H2,(H2,13,14). The van der Waals surface area contributed by atoms with Gasteiger partial charge in [0.15, 0.2) is 0 Å². The van der Waals surface area contributed by atoms with Gasteiger partial charge in [-0.1, -0.05) is 0 Å². The number of halogens is 3. The predicted molar refractivity (Wildman–Crippen MR) is 42.9 cm³/mol. The minimum atomic E-state index is -2.96. The van der Waals surface area contributed by atoms with Crippen LogP contribution in [0.15, 0.2) is 6.07 Å². The van der Waals surface area contributed by atoms with Crippen molar-refractivity contribution in [3.05, 3.63) is 23.1 Å². The van der Waals surface area contributed by atoms with Gasteiger partial charge in [-0.3, -0.25) is 0 Å². The van der Waals surface area contributed by atoms with Crippen molar-refractivity contribution < 1.29 is 13.2 Å². The van der Waals surface area contributed by atoms with E-state index in [0.29, 0.717) is 0 Å². The molecule has 0 aliphatic heterocycles. The first-order valence-electron chi connectivity index (χ1n) is 3.66. The van der Waals surface area contributed by atoms with Crippen LogP contribution in [0.4, 0.5) is 19.0 Å². The van der Waals surface area contributed by atoms with Gasteiger partial charge in [0, 0.05) is 5.56 Å². The van der Waals surface area contributed by atoms with Gasteiger partial charge in [-0.25, -0.2) is 13.8 Å². The first-order chi connectivity index (χ1) is 6.56. The Morgan fingerprint density at radius 2 is 2.21 bits per heavy atom. The summed E-state index contributed by atoms with van der Waals surface area (Å²) in [6.45, 7) is 0. The lowest BCUT2D eigenvalue weighted by Crippen LogP contribution is -2.03. The molecule has 0 atom stereocenters. The quantitative estimate of drug-likeness (QED) is 0.742. The number of nitrogens with zero attached hydrogens (tertiary/aromatic N) is 2. The lowest BCUT2D eigenvalue weighted by Gasteiger charge is -2.05. The number of nitriles is 1. The molecule has 1 heterocycles. The molecule has 0 bridgehead atoms. The molecular formula is C8H6F3N3. The smallest absolute Gasteiger partial charge is 0.268 e. The van der Waals surface area contributed by atoms with E-state index >= 15 is 0 Å². The number of alkyl halides is 2. The molecule has 6 heteroatoms. The number of rotatable bonds is 2. The summed E-state index contributed by atoms with van der Waals surface area (Å²) in [4.78, 5) is 3.09. The van der Waals surface area contributed by atoms with Crippen molar-refractivity contribution in [3.63, 3.8) is 0 Å². The van der Waals surface area contributed by atoms with Crippen molar-refractivity contribution in [1.82, 2.24) is 4.98 Å². The van der Waals surface area contributed by atoms with Crippen molar-refractivity contribution in [2.45, 2.75) is 12.8 Å². The molecular weight excluding hydrogens is 195 g/mol. The summed E-state index contributed by atoms with van der Waals surface area (Å²) in [5.41, 5.74) is 4.52. The molecule has 0 aromatic carbocycles. The van der Waals surface area contributed by atoms with Crippen molar-refractivity contribution in [1.29, 1.82) is 5.26 Å². The first kappa shape index (κ1) is 10.3. The Labute approximate surface area is 78.0 Å². The number of nitrogen functional groups attached to an aromatic ring is 1. The van der Waals surface area contributed by atoms with Crippen LogP contribution < -0.4 is 5.73 Å². The molecule has 0 aliphatic rings. The molecule has 0 fully saturated rings. The van der Waals surface area contributed by atoms with E-state index in [0.717, 1.165) is 6.07 Å². The highest BCUT2D eigenvalue weighted by atomic mass is 19.3. The molecule has 0 radical (unpaired) electrons. The summed E-state index contributed by atoms with van der Waals surface area (Å²) in [6.07, 6.45) is -3.13. The fraction of sp³-hybridized carbons (Fsp3) is 0.250. The second kappa shape index (κ2) is 3.96. The van der Waals surface area contributed by atoms with Gasteiger partial charge in [0.2, 0.25) is 5.95 Å². The maximum atomic E-state index is 12.8. The number of aromatic nitrogens is 1. The summed E-state index contributed by atoms with van der Waals surface area (Å²) in [5.74, 6) is -1.52. The van der Waals surface area contributed by atoms with Crippen LogP contribution in [0.5, 0.6) is 0 Å². The third-order valence-corrected chi connectivity index (χ3v) is 1.62. The van der Waals surface area contributed by atoms with Crippen LogP contribution in [-0.2, 0) is 6.42 Å². The summed E-state index contributed by atoms with van der Waals surface area (Å²) >= 11 is 0. The van der Waals surface area contributed by atoms with Gasteiger partial charge in [0.25, 0.3) is 6.43 Å². The normalized spacial score (nSPS) is 10.2. The molecule has 0 saturated carbocycles. The largest absolute Gasteiger partial charge is 0.383 e. The Morgan fingerprint density at radius 1 is 1.57 bits per heavy atom. The Hall–Kier alpha value is -1.77. The second-order valence-electron chi connectivity index (χ2n) is 2.55. The van der Waals surface area contributed by atoms with E-state index in [2.05, 4.69) is 4.98 Å². The van der Waals surface area contributed by atoms with Crippen LogP contribution in [0.2, 0.25) is 0 Å². The Morgan fingerprint density at radius 3 is 2.71 bits per heavy atom. The van der Waals surface area contributed by atoms with E-state index in [1.54, 1.807) is 6.07 Å². The van der Waals surface area contributed by atoms with Crippen molar-refractivity contribution in [3.8, 4) is 6.07 Å². The molecule has 74 valence electrons. The monoisotopic (exact) mass is 201 g/mol.